The smallest absolute Gasteiger partial charge is 0.251 e. The van der Waals surface area contributed by atoms with Gasteiger partial charge in [-0.15, -0.1) is 0 Å². The zero-order chi connectivity index (χ0) is 14.5. The van der Waals surface area contributed by atoms with Crippen LogP contribution in [0, 0.1) is 5.82 Å². The van der Waals surface area contributed by atoms with Crippen molar-refractivity contribution in [2.24, 2.45) is 0 Å². The molecule has 0 aliphatic heterocycles. The quantitative estimate of drug-likeness (QED) is 0.925. The lowest BCUT2D eigenvalue weighted by Crippen LogP contribution is -2.33. The molecular formula is C15H15FN2O2. The molecule has 1 amide bonds. The summed E-state index contributed by atoms with van der Waals surface area (Å²) in [6, 6.07) is 11.5. The van der Waals surface area contributed by atoms with E-state index in [0.29, 0.717) is 0 Å². The summed E-state index contributed by atoms with van der Waals surface area (Å²) in [5.74, 6) is -0.887. The first-order valence-electron chi connectivity index (χ1n) is 6.26. The van der Waals surface area contributed by atoms with Crippen LogP contribution in [0.1, 0.15) is 18.5 Å². The predicted molar refractivity (Wildman–Crippen MR) is 73.7 cm³/mol. The lowest BCUT2D eigenvalue weighted by Gasteiger charge is -2.14. The normalized spacial score (nSPS) is 11.9. The van der Waals surface area contributed by atoms with Crippen LogP contribution in [0.5, 0.6) is 0 Å². The van der Waals surface area contributed by atoms with Gasteiger partial charge in [0.2, 0.25) is 5.91 Å². The summed E-state index contributed by atoms with van der Waals surface area (Å²) in [6.45, 7) is 1.65. The van der Waals surface area contributed by atoms with Crippen molar-refractivity contribution in [2.75, 3.05) is 0 Å². The molecular weight excluding hydrogens is 259 g/mol. The number of rotatable bonds is 4. The van der Waals surface area contributed by atoms with Crippen molar-refractivity contribution < 1.29 is 9.18 Å². The van der Waals surface area contributed by atoms with Gasteiger partial charge in [0.05, 0.1) is 6.04 Å². The molecule has 2 rings (SSSR count). The van der Waals surface area contributed by atoms with Crippen molar-refractivity contribution in [3.8, 4) is 0 Å². The molecule has 20 heavy (non-hydrogen) atoms. The highest BCUT2D eigenvalue weighted by molar-refractivity contribution is 5.76. The second-order valence-electron chi connectivity index (χ2n) is 4.51. The molecule has 0 aliphatic rings. The van der Waals surface area contributed by atoms with Gasteiger partial charge in [-0.05, 0) is 18.6 Å². The third-order valence-electron chi connectivity index (χ3n) is 2.94. The first-order valence-corrected chi connectivity index (χ1v) is 6.26. The Morgan fingerprint density at radius 3 is 2.65 bits per heavy atom. The number of nitrogens with zero attached hydrogens (tertiary/aromatic N) is 1. The summed E-state index contributed by atoms with van der Waals surface area (Å²) in [7, 11) is 0. The predicted octanol–water partition coefficient (Wildman–Crippen LogP) is 1.86. The summed E-state index contributed by atoms with van der Waals surface area (Å²) in [5, 5.41) is 2.77. The summed E-state index contributed by atoms with van der Waals surface area (Å²) in [6.07, 6.45) is 1.02. The van der Waals surface area contributed by atoms with Crippen LogP contribution < -0.4 is 10.9 Å². The van der Waals surface area contributed by atoms with E-state index in [-0.39, 0.29) is 18.5 Å². The molecule has 0 saturated carbocycles. The van der Waals surface area contributed by atoms with E-state index in [9.17, 15) is 14.0 Å². The lowest BCUT2D eigenvalue weighted by atomic mass is 10.1. The van der Waals surface area contributed by atoms with E-state index >= 15 is 0 Å². The Kier molecular flexibility index (Phi) is 4.30. The second-order valence-corrected chi connectivity index (χ2v) is 4.51. The monoisotopic (exact) mass is 274 g/mol. The van der Waals surface area contributed by atoms with Crippen molar-refractivity contribution in [3.05, 3.63) is 70.4 Å². The van der Waals surface area contributed by atoms with Crippen molar-refractivity contribution in [1.82, 2.24) is 9.88 Å². The number of benzene rings is 1. The van der Waals surface area contributed by atoms with E-state index in [1.54, 1.807) is 0 Å². The third-order valence-corrected chi connectivity index (χ3v) is 2.94. The van der Waals surface area contributed by atoms with E-state index in [2.05, 4.69) is 5.32 Å². The van der Waals surface area contributed by atoms with Crippen LogP contribution in [0.3, 0.4) is 0 Å². The summed E-state index contributed by atoms with van der Waals surface area (Å²) >= 11 is 0. The highest BCUT2D eigenvalue weighted by Gasteiger charge is 2.10. The molecule has 1 aromatic carbocycles. The number of pyridine rings is 1. The van der Waals surface area contributed by atoms with Gasteiger partial charge in [-0.1, -0.05) is 30.3 Å². The van der Waals surface area contributed by atoms with E-state index in [1.807, 2.05) is 37.3 Å². The van der Waals surface area contributed by atoms with Crippen molar-refractivity contribution in [2.45, 2.75) is 19.5 Å². The van der Waals surface area contributed by atoms with Gasteiger partial charge in [-0.3, -0.25) is 9.59 Å². The minimum absolute atomic E-state index is 0.173. The maximum atomic E-state index is 13.0. The molecule has 104 valence electrons. The van der Waals surface area contributed by atoms with E-state index in [4.69, 9.17) is 0 Å². The Morgan fingerprint density at radius 2 is 1.95 bits per heavy atom. The van der Waals surface area contributed by atoms with Crippen molar-refractivity contribution >= 4 is 5.91 Å². The SMILES string of the molecule is CC(NC(=O)Cn1cc(F)ccc1=O)c1ccccc1. The number of amides is 1. The zero-order valence-corrected chi connectivity index (χ0v) is 11.0. The molecule has 1 aromatic heterocycles. The number of hydrogen-bond acceptors (Lipinski definition) is 2. The fourth-order valence-corrected chi connectivity index (χ4v) is 1.89. The van der Waals surface area contributed by atoms with Gasteiger partial charge < -0.3 is 9.88 Å². The number of carbonyl (C=O) groups excluding carboxylic acids is 1. The molecule has 1 N–H and O–H groups in total. The van der Waals surface area contributed by atoms with E-state index in [1.165, 1.54) is 0 Å². The molecule has 0 spiro atoms. The lowest BCUT2D eigenvalue weighted by molar-refractivity contribution is -0.122. The van der Waals surface area contributed by atoms with E-state index < -0.39 is 11.4 Å². The van der Waals surface area contributed by atoms with E-state index in [0.717, 1.165) is 28.5 Å². The molecule has 0 bridgehead atoms. The van der Waals surface area contributed by atoms with Gasteiger partial charge in [-0.2, -0.15) is 0 Å². The number of hydrogen-bond donors (Lipinski definition) is 1. The fraction of sp³-hybridized carbons (Fsp3) is 0.200. The Bertz CT molecular complexity index is 652. The molecule has 5 heteroatoms. The fourth-order valence-electron chi connectivity index (χ4n) is 1.89. The zero-order valence-electron chi connectivity index (χ0n) is 11.0. The van der Waals surface area contributed by atoms with Crippen LogP contribution in [-0.2, 0) is 11.3 Å². The van der Waals surface area contributed by atoms with Crippen LogP contribution >= 0.6 is 0 Å². The Labute approximate surface area is 115 Å². The molecule has 1 unspecified atom stereocenters. The molecule has 0 aliphatic carbocycles. The van der Waals surface area contributed by atoms with Crippen LogP contribution in [0.2, 0.25) is 0 Å². The Morgan fingerprint density at radius 1 is 1.25 bits per heavy atom. The highest BCUT2D eigenvalue weighted by Crippen LogP contribution is 2.10. The molecule has 0 saturated heterocycles. The summed E-state index contributed by atoms with van der Waals surface area (Å²) < 4.78 is 14.1. The third kappa shape index (κ3) is 3.54. The van der Waals surface area contributed by atoms with Gasteiger partial charge in [0, 0.05) is 12.3 Å². The van der Waals surface area contributed by atoms with Gasteiger partial charge in [0.1, 0.15) is 12.4 Å². The maximum absolute atomic E-state index is 13.0. The minimum atomic E-state index is -0.548. The first-order chi connectivity index (χ1) is 9.56. The van der Waals surface area contributed by atoms with Crippen molar-refractivity contribution in [1.29, 1.82) is 0 Å². The van der Waals surface area contributed by atoms with Crippen molar-refractivity contribution in [3.63, 3.8) is 0 Å². The summed E-state index contributed by atoms with van der Waals surface area (Å²) in [5.41, 5.74) is 0.557. The molecule has 1 heterocycles. The highest BCUT2D eigenvalue weighted by atomic mass is 19.1. The molecule has 0 radical (unpaired) electrons. The Hall–Kier alpha value is -2.43. The van der Waals surface area contributed by atoms with Gasteiger partial charge in [0.25, 0.3) is 5.56 Å². The number of aromatic nitrogens is 1. The standard InChI is InChI=1S/C15H15FN2O2/c1-11(12-5-3-2-4-6-12)17-14(19)10-18-9-13(16)7-8-15(18)20/h2-9,11H,10H2,1H3,(H,17,19). The van der Waals surface area contributed by atoms with Gasteiger partial charge in [-0.25, -0.2) is 4.39 Å². The minimum Gasteiger partial charge on any atom is -0.348 e. The molecule has 2 aromatic rings. The average Bonchev–Trinajstić information content (AvgIpc) is 2.43. The maximum Gasteiger partial charge on any atom is 0.251 e. The van der Waals surface area contributed by atoms with Gasteiger partial charge >= 0.3 is 0 Å². The molecule has 0 fully saturated rings. The van der Waals surface area contributed by atoms with Crippen LogP contribution in [0.25, 0.3) is 0 Å². The largest absolute Gasteiger partial charge is 0.348 e. The second kappa shape index (κ2) is 6.14. The number of halogens is 1. The van der Waals surface area contributed by atoms with Gasteiger partial charge in [0.15, 0.2) is 0 Å². The summed E-state index contributed by atoms with van der Waals surface area (Å²) in [4.78, 5) is 23.3. The van der Waals surface area contributed by atoms with Crippen LogP contribution in [0.4, 0.5) is 4.39 Å². The average molecular weight is 274 g/mol. The topological polar surface area (TPSA) is 51.1 Å². The Balaban J connectivity index is 2.02. The first kappa shape index (κ1) is 14.0. The number of nitrogens with one attached hydrogen (secondary N) is 1. The molecule has 4 nitrogen and oxygen atoms in total. The van der Waals surface area contributed by atoms with Crippen LogP contribution in [0.15, 0.2) is 53.5 Å². The number of carbonyl (C=O) groups is 1. The van der Waals surface area contributed by atoms with Crippen LogP contribution in [-0.4, -0.2) is 10.5 Å². The molecule has 1 atom stereocenters.